The summed E-state index contributed by atoms with van der Waals surface area (Å²) in [5, 5.41) is 7.57. The molecular formula is C21H34ClIN4O3. The number of guanidine groups is 1. The molecule has 3 rings (SSSR count). The maximum Gasteiger partial charge on any atom is 0.191 e. The van der Waals surface area contributed by atoms with E-state index in [4.69, 9.17) is 25.8 Å². The van der Waals surface area contributed by atoms with Crippen molar-refractivity contribution in [2.45, 2.75) is 25.5 Å². The van der Waals surface area contributed by atoms with E-state index in [0.717, 1.165) is 64.2 Å². The lowest BCUT2D eigenvalue weighted by molar-refractivity contribution is 0.00246. The molecular weight excluding hydrogens is 519 g/mol. The highest BCUT2D eigenvalue weighted by molar-refractivity contribution is 14.0. The molecule has 0 amide bonds. The summed E-state index contributed by atoms with van der Waals surface area (Å²) in [4.78, 5) is 6.89. The average molecular weight is 553 g/mol. The third kappa shape index (κ3) is 8.03. The van der Waals surface area contributed by atoms with Gasteiger partial charge in [-0.15, -0.1) is 24.0 Å². The zero-order valence-corrected chi connectivity index (χ0v) is 20.9. The Morgan fingerprint density at radius 3 is 2.50 bits per heavy atom. The number of nitrogens with one attached hydrogen (secondary N) is 2. The Hall–Kier alpha value is -0.810. The van der Waals surface area contributed by atoms with Crippen LogP contribution in [0.15, 0.2) is 29.3 Å². The first-order valence-electron chi connectivity index (χ1n) is 10.4. The van der Waals surface area contributed by atoms with E-state index in [1.54, 1.807) is 7.05 Å². The minimum absolute atomic E-state index is 0. The summed E-state index contributed by atoms with van der Waals surface area (Å²) in [6.07, 6.45) is 1.11. The fraction of sp³-hybridized carbons (Fsp3) is 0.667. The maximum absolute atomic E-state index is 5.92. The molecule has 2 fully saturated rings. The van der Waals surface area contributed by atoms with Crippen molar-refractivity contribution in [3.05, 3.63) is 29.3 Å². The van der Waals surface area contributed by atoms with E-state index in [2.05, 4.69) is 20.5 Å². The van der Waals surface area contributed by atoms with Crippen molar-refractivity contribution in [3.63, 3.8) is 0 Å². The summed E-state index contributed by atoms with van der Waals surface area (Å²) in [6.45, 7) is 8.76. The molecule has 0 aliphatic carbocycles. The van der Waals surface area contributed by atoms with Gasteiger partial charge in [0.2, 0.25) is 0 Å². The van der Waals surface area contributed by atoms with Crippen LogP contribution < -0.4 is 15.4 Å². The predicted octanol–water partition coefficient (Wildman–Crippen LogP) is 2.63. The maximum atomic E-state index is 5.92. The van der Waals surface area contributed by atoms with Crippen LogP contribution in [0, 0.1) is 5.92 Å². The molecule has 30 heavy (non-hydrogen) atoms. The van der Waals surface area contributed by atoms with Crippen LogP contribution in [0.4, 0.5) is 0 Å². The molecule has 0 radical (unpaired) electrons. The number of morpholine rings is 1. The molecule has 9 heteroatoms. The molecule has 7 nitrogen and oxygen atoms in total. The molecule has 170 valence electrons. The Morgan fingerprint density at radius 1 is 1.17 bits per heavy atom. The molecule has 1 aromatic carbocycles. The summed E-state index contributed by atoms with van der Waals surface area (Å²) in [5.74, 6) is 2.14. The van der Waals surface area contributed by atoms with Gasteiger partial charge in [-0.3, -0.25) is 9.89 Å². The number of nitrogens with zero attached hydrogens (tertiary/aromatic N) is 2. The van der Waals surface area contributed by atoms with Gasteiger partial charge in [0.05, 0.1) is 26.4 Å². The third-order valence-corrected chi connectivity index (χ3v) is 5.69. The molecule has 0 aromatic heterocycles. The van der Waals surface area contributed by atoms with Gasteiger partial charge in [-0.2, -0.15) is 0 Å². The molecule has 0 bridgehead atoms. The highest BCUT2D eigenvalue weighted by atomic mass is 127. The van der Waals surface area contributed by atoms with Gasteiger partial charge >= 0.3 is 0 Å². The molecule has 0 spiro atoms. The zero-order valence-electron chi connectivity index (χ0n) is 17.8. The van der Waals surface area contributed by atoms with Crippen molar-refractivity contribution in [2.75, 3.05) is 59.7 Å². The van der Waals surface area contributed by atoms with Crippen LogP contribution in [-0.4, -0.2) is 82.7 Å². The molecule has 3 unspecified atom stereocenters. The lowest BCUT2D eigenvalue weighted by Gasteiger charge is -2.37. The number of ether oxygens (including phenoxy) is 3. The molecule has 3 atom stereocenters. The van der Waals surface area contributed by atoms with Gasteiger partial charge in [0.1, 0.15) is 11.9 Å². The molecule has 2 N–H and O–H groups in total. The first-order valence-corrected chi connectivity index (χ1v) is 10.8. The fourth-order valence-electron chi connectivity index (χ4n) is 3.81. The van der Waals surface area contributed by atoms with E-state index >= 15 is 0 Å². The van der Waals surface area contributed by atoms with Gasteiger partial charge in [0.15, 0.2) is 5.96 Å². The third-order valence-electron chi connectivity index (χ3n) is 5.43. The van der Waals surface area contributed by atoms with E-state index in [-0.39, 0.29) is 30.1 Å². The van der Waals surface area contributed by atoms with Crippen LogP contribution in [-0.2, 0) is 9.47 Å². The molecule has 2 aliphatic heterocycles. The molecule has 2 saturated heterocycles. The number of hydrogen-bond donors (Lipinski definition) is 2. The molecule has 2 heterocycles. The minimum Gasteiger partial charge on any atom is -0.489 e. The van der Waals surface area contributed by atoms with E-state index in [1.165, 1.54) is 0 Å². The van der Waals surface area contributed by atoms with Gasteiger partial charge < -0.3 is 24.8 Å². The smallest absolute Gasteiger partial charge is 0.191 e. The fourth-order valence-corrected chi connectivity index (χ4v) is 3.93. The topological polar surface area (TPSA) is 67.4 Å². The second-order valence-electron chi connectivity index (χ2n) is 7.56. The van der Waals surface area contributed by atoms with E-state index < -0.39 is 0 Å². The lowest BCUT2D eigenvalue weighted by Crippen LogP contribution is -2.54. The summed E-state index contributed by atoms with van der Waals surface area (Å²) in [7, 11) is 1.79. The van der Waals surface area contributed by atoms with Gasteiger partial charge in [-0.25, -0.2) is 0 Å². The largest absolute Gasteiger partial charge is 0.489 e. The van der Waals surface area contributed by atoms with E-state index in [9.17, 15) is 0 Å². The Kier molecular flexibility index (Phi) is 11.5. The van der Waals surface area contributed by atoms with Crippen molar-refractivity contribution in [1.82, 2.24) is 15.5 Å². The van der Waals surface area contributed by atoms with Crippen LogP contribution in [0.25, 0.3) is 0 Å². The van der Waals surface area contributed by atoms with Crippen molar-refractivity contribution in [2.24, 2.45) is 10.9 Å². The van der Waals surface area contributed by atoms with Crippen LogP contribution >= 0.6 is 35.6 Å². The highest BCUT2D eigenvalue weighted by Crippen LogP contribution is 2.22. The number of aliphatic imine (C=N–C) groups is 1. The first-order chi connectivity index (χ1) is 14.2. The molecule has 2 aliphatic rings. The molecule has 1 aromatic rings. The summed E-state index contributed by atoms with van der Waals surface area (Å²) < 4.78 is 17.1. The SMILES string of the molecule is CN=C(NCC(C)Oc1ccc(Cl)cc1)NCC(C1CCOC1)N1CCOCC1.I. The van der Waals surface area contributed by atoms with Crippen molar-refractivity contribution >= 4 is 41.5 Å². The van der Waals surface area contributed by atoms with Gasteiger partial charge in [0.25, 0.3) is 0 Å². The van der Waals surface area contributed by atoms with Crippen molar-refractivity contribution < 1.29 is 14.2 Å². The van der Waals surface area contributed by atoms with Crippen LogP contribution in [0.5, 0.6) is 5.75 Å². The Balaban J connectivity index is 0.00000320. The quantitative estimate of drug-likeness (QED) is 0.294. The normalized spacial score (nSPS) is 22.1. The van der Waals surface area contributed by atoms with E-state index in [0.29, 0.717) is 23.5 Å². The van der Waals surface area contributed by atoms with Crippen LogP contribution in [0.2, 0.25) is 5.02 Å². The van der Waals surface area contributed by atoms with Gasteiger partial charge in [-0.1, -0.05) is 11.6 Å². The lowest BCUT2D eigenvalue weighted by atomic mass is 9.97. The second kappa shape index (κ2) is 13.6. The summed E-state index contributed by atoms with van der Waals surface area (Å²) in [5.41, 5.74) is 0. The van der Waals surface area contributed by atoms with Crippen molar-refractivity contribution in [3.8, 4) is 5.75 Å². The Labute approximate surface area is 201 Å². The van der Waals surface area contributed by atoms with Crippen molar-refractivity contribution in [1.29, 1.82) is 0 Å². The van der Waals surface area contributed by atoms with Gasteiger partial charge in [0, 0.05) is 50.3 Å². The molecule has 0 saturated carbocycles. The highest BCUT2D eigenvalue weighted by Gasteiger charge is 2.31. The minimum atomic E-state index is -0.00648. The Morgan fingerprint density at radius 2 is 1.87 bits per heavy atom. The van der Waals surface area contributed by atoms with E-state index in [1.807, 2.05) is 31.2 Å². The number of hydrogen-bond acceptors (Lipinski definition) is 5. The standard InChI is InChI=1S/C21H33ClN4O3.HI/c1-16(29-19-5-3-18(22)4-6-19)13-24-21(23-2)25-14-20(17-7-10-28-15-17)26-8-11-27-12-9-26;/h3-6,16-17,20H,7-15H2,1-2H3,(H2,23,24,25);1H. The summed E-state index contributed by atoms with van der Waals surface area (Å²) >= 11 is 5.92. The van der Waals surface area contributed by atoms with Gasteiger partial charge in [-0.05, 0) is 37.6 Å². The second-order valence-corrected chi connectivity index (χ2v) is 7.99. The monoisotopic (exact) mass is 552 g/mol. The number of halogens is 2. The first kappa shape index (κ1) is 25.5. The average Bonchev–Trinajstić information content (AvgIpc) is 3.27. The van der Waals surface area contributed by atoms with Crippen LogP contribution in [0.3, 0.4) is 0 Å². The zero-order chi connectivity index (χ0) is 20.5. The van der Waals surface area contributed by atoms with Crippen LogP contribution in [0.1, 0.15) is 13.3 Å². The Bertz CT molecular complexity index is 638. The summed E-state index contributed by atoms with van der Waals surface area (Å²) in [6, 6.07) is 7.83. The predicted molar refractivity (Wildman–Crippen MR) is 131 cm³/mol. The number of benzene rings is 1. The number of rotatable bonds is 8.